The number of halogens is 2. The summed E-state index contributed by atoms with van der Waals surface area (Å²) in [5, 5.41) is 28.1. The Balaban J connectivity index is 1.67. The van der Waals surface area contributed by atoms with Crippen LogP contribution in [0.3, 0.4) is 0 Å². The minimum atomic E-state index is -3.26. The van der Waals surface area contributed by atoms with Gasteiger partial charge in [0.25, 0.3) is 5.91 Å². The van der Waals surface area contributed by atoms with Gasteiger partial charge >= 0.3 is 0 Å². The molecular weight excluding hydrogens is 516 g/mol. The summed E-state index contributed by atoms with van der Waals surface area (Å²) in [5.74, 6) is -3.46. The van der Waals surface area contributed by atoms with Gasteiger partial charge in [-0.15, -0.1) is 0 Å². The lowest BCUT2D eigenvalue weighted by molar-refractivity contribution is 0.0348. The molecular formula is C22H23F2N5O5S2. The SMILES string of the molecule is CN1C(=O)c2c(O)c(=O)c(C(=N)SC(=N)Cc3ccc(F)cc3F)cn2N(C)C12CCS(=O)(=O)CC2. The highest BCUT2D eigenvalue weighted by Gasteiger charge is 2.51. The zero-order chi connectivity index (χ0) is 26.6. The minimum Gasteiger partial charge on any atom is -0.502 e. The average molecular weight is 540 g/mol. The summed E-state index contributed by atoms with van der Waals surface area (Å²) in [7, 11) is -0.193. The fraction of sp³-hybridized carbons (Fsp3) is 0.364. The van der Waals surface area contributed by atoms with Crippen LogP contribution in [-0.4, -0.2) is 70.4 Å². The molecule has 0 unspecified atom stereocenters. The van der Waals surface area contributed by atoms with Gasteiger partial charge in [-0.3, -0.25) is 30.1 Å². The number of aromatic hydroxyl groups is 1. The molecule has 2 aromatic rings. The number of pyridine rings is 1. The zero-order valence-electron chi connectivity index (χ0n) is 19.3. The quantitative estimate of drug-likeness (QED) is 0.397. The van der Waals surface area contributed by atoms with Gasteiger partial charge in [-0.25, -0.2) is 17.2 Å². The van der Waals surface area contributed by atoms with Crippen LogP contribution in [0.4, 0.5) is 8.78 Å². The van der Waals surface area contributed by atoms with Crippen molar-refractivity contribution >= 4 is 37.6 Å². The maximum absolute atomic E-state index is 13.9. The number of carbonyl (C=O) groups is 1. The molecule has 14 heteroatoms. The highest BCUT2D eigenvalue weighted by atomic mass is 32.2. The van der Waals surface area contributed by atoms with Crippen molar-refractivity contribution in [2.75, 3.05) is 30.6 Å². The number of fused-ring (bicyclic) bond motifs is 1. The van der Waals surface area contributed by atoms with Crippen LogP contribution < -0.4 is 10.4 Å². The van der Waals surface area contributed by atoms with E-state index in [1.54, 1.807) is 12.1 Å². The molecule has 1 aromatic carbocycles. The van der Waals surface area contributed by atoms with E-state index < -0.39 is 49.3 Å². The molecule has 4 rings (SSSR count). The average Bonchev–Trinajstić information content (AvgIpc) is 2.80. The first-order valence-electron chi connectivity index (χ1n) is 10.8. The van der Waals surface area contributed by atoms with Gasteiger partial charge < -0.3 is 10.0 Å². The number of amides is 1. The van der Waals surface area contributed by atoms with Crippen molar-refractivity contribution in [2.24, 2.45) is 0 Å². The molecule has 192 valence electrons. The van der Waals surface area contributed by atoms with Gasteiger partial charge in [-0.1, -0.05) is 17.8 Å². The van der Waals surface area contributed by atoms with E-state index in [4.69, 9.17) is 10.8 Å². The van der Waals surface area contributed by atoms with E-state index in [9.17, 15) is 31.9 Å². The molecule has 3 N–H and O–H groups in total. The van der Waals surface area contributed by atoms with Gasteiger partial charge in [0.05, 0.1) is 22.1 Å². The van der Waals surface area contributed by atoms with Crippen molar-refractivity contribution in [3.05, 3.63) is 63.1 Å². The fourth-order valence-electron chi connectivity index (χ4n) is 4.53. The molecule has 0 atom stereocenters. The molecule has 0 radical (unpaired) electrons. The second-order valence-corrected chi connectivity index (χ2v) is 12.1. The molecule has 1 aromatic heterocycles. The summed E-state index contributed by atoms with van der Waals surface area (Å²) in [6.07, 6.45) is 1.16. The summed E-state index contributed by atoms with van der Waals surface area (Å²) < 4.78 is 52.4. The van der Waals surface area contributed by atoms with Crippen molar-refractivity contribution in [3.8, 4) is 5.75 Å². The number of nitrogens with one attached hydrogen (secondary N) is 2. The first-order valence-corrected chi connectivity index (χ1v) is 13.4. The molecule has 10 nitrogen and oxygen atoms in total. The molecule has 1 spiro atoms. The van der Waals surface area contributed by atoms with Crippen LogP contribution in [0.2, 0.25) is 0 Å². The Bertz CT molecular complexity index is 1460. The third-order valence-electron chi connectivity index (χ3n) is 6.68. The Morgan fingerprint density at radius 1 is 1.17 bits per heavy atom. The van der Waals surface area contributed by atoms with Crippen LogP contribution in [0.1, 0.15) is 34.5 Å². The predicted molar refractivity (Wildman–Crippen MR) is 131 cm³/mol. The van der Waals surface area contributed by atoms with Gasteiger partial charge in [-0.2, -0.15) is 0 Å². The van der Waals surface area contributed by atoms with Crippen molar-refractivity contribution in [2.45, 2.75) is 24.9 Å². The van der Waals surface area contributed by atoms with Crippen LogP contribution in [0, 0.1) is 22.5 Å². The largest absolute Gasteiger partial charge is 0.502 e. The maximum Gasteiger partial charge on any atom is 0.278 e. The van der Waals surface area contributed by atoms with Crippen molar-refractivity contribution in [3.63, 3.8) is 0 Å². The molecule has 1 saturated heterocycles. The van der Waals surface area contributed by atoms with Gasteiger partial charge in [0.1, 0.15) is 22.3 Å². The van der Waals surface area contributed by atoms with Crippen LogP contribution in [0.25, 0.3) is 0 Å². The van der Waals surface area contributed by atoms with E-state index in [0.717, 1.165) is 6.07 Å². The van der Waals surface area contributed by atoms with Gasteiger partial charge in [-0.05, 0) is 11.6 Å². The maximum atomic E-state index is 13.9. The number of rotatable bonds is 3. The molecule has 0 bridgehead atoms. The molecule has 2 aliphatic rings. The van der Waals surface area contributed by atoms with E-state index in [1.807, 2.05) is 0 Å². The highest BCUT2D eigenvalue weighted by Crippen LogP contribution is 2.37. The number of nitrogens with zero attached hydrogens (tertiary/aromatic N) is 3. The molecule has 1 amide bonds. The highest BCUT2D eigenvalue weighted by molar-refractivity contribution is 8.26. The molecule has 1 fully saturated rings. The Morgan fingerprint density at radius 3 is 2.42 bits per heavy atom. The lowest BCUT2D eigenvalue weighted by Crippen LogP contribution is -2.70. The summed E-state index contributed by atoms with van der Waals surface area (Å²) in [4.78, 5) is 27.4. The fourth-order valence-corrected chi connectivity index (χ4v) is 6.74. The van der Waals surface area contributed by atoms with Crippen LogP contribution in [0.15, 0.2) is 29.2 Å². The van der Waals surface area contributed by atoms with Crippen molar-refractivity contribution in [1.29, 1.82) is 10.8 Å². The number of thioether (sulfide) groups is 1. The Kier molecular flexibility index (Phi) is 6.45. The standard InChI is InChI=1S/C22H23F2N5O5S2/c1-27-21(32)17-19(31)18(30)14(11-29(17)28(2)22(27)5-7-36(33,34)8-6-22)20(26)35-16(25)9-12-3-4-13(23)10-15(12)24/h3-4,10-11,25-26,31H,5-9H2,1-2H3. The number of aromatic nitrogens is 1. The molecule has 0 aliphatic carbocycles. The zero-order valence-corrected chi connectivity index (χ0v) is 21.0. The second kappa shape index (κ2) is 9.00. The van der Waals surface area contributed by atoms with Crippen molar-refractivity contribution < 1.29 is 27.1 Å². The van der Waals surface area contributed by atoms with E-state index in [2.05, 4.69) is 0 Å². The summed E-state index contributed by atoms with van der Waals surface area (Å²) in [6.45, 7) is 0. The second-order valence-electron chi connectivity index (χ2n) is 8.70. The summed E-state index contributed by atoms with van der Waals surface area (Å²) >= 11 is 0.552. The van der Waals surface area contributed by atoms with Crippen LogP contribution >= 0.6 is 11.8 Å². The van der Waals surface area contributed by atoms with E-state index in [1.165, 1.54) is 28.9 Å². The number of benzene rings is 1. The number of hydrogen-bond acceptors (Lipinski definition) is 9. The van der Waals surface area contributed by atoms with E-state index in [0.29, 0.717) is 17.8 Å². The third kappa shape index (κ3) is 4.28. The molecule has 36 heavy (non-hydrogen) atoms. The number of carbonyl (C=O) groups excluding carboxylic acids is 1. The molecule has 2 aliphatic heterocycles. The van der Waals surface area contributed by atoms with Gasteiger partial charge in [0.15, 0.2) is 21.3 Å². The van der Waals surface area contributed by atoms with Gasteiger partial charge in [0.2, 0.25) is 5.43 Å². The third-order valence-corrected chi connectivity index (χ3v) is 9.15. The normalized spacial score (nSPS) is 18.3. The van der Waals surface area contributed by atoms with Crippen LogP contribution in [0.5, 0.6) is 5.75 Å². The number of sulfone groups is 1. The topological polar surface area (TPSA) is 148 Å². The minimum absolute atomic E-state index is 0.0364. The van der Waals surface area contributed by atoms with Crippen molar-refractivity contribution in [1.82, 2.24) is 9.58 Å². The smallest absolute Gasteiger partial charge is 0.278 e. The summed E-state index contributed by atoms with van der Waals surface area (Å²) in [5.41, 5.74) is -2.61. The lowest BCUT2D eigenvalue weighted by Gasteiger charge is -2.54. The number of hydrogen-bond donors (Lipinski definition) is 3. The first-order chi connectivity index (χ1) is 16.8. The predicted octanol–water partition coefficient (Wildman–Crippen LogP) is 1.67. The molecule has 3 heterocycles. The lowest BCUT2D eigenvalue weighted by atomic mass is 9.98. The van der Waals surface area contributed by atoms with E-state index in [-0.39, 0.29) is 52.6 Å². The summed E-state index contributed by atoms with van der Waals surface area (Å²) in [6, 6.07) is 2.92. The Morgan fingerprint density at radius 2 is 1.81 bits per heavy atom. The Hall–Kier alpha value is -3.26. The monoisotopic (exact) mass is 539 g/mol. The first kappa shape index (κ1) is 25.8. The van der Waals surface area contributed by atoms with Gasteiger partial charge in [0, 0.05) is 45.6 Å². The van der Waals surface area contributed by atoms with E-state index >= 15 is 0 Å². The van der Waals surface area contributed by atoms with Crippen LogP contribution in [-0.2, 0) is 16.3 Å². The Labute approximate surface area is 209 Å². The molecule has 0 saturated carbocycles.